The van der Waals surface area contributed by atoms with Gasteiger partial charge in [-0.3, -0.25) is 4.79 Å². The van der Waals surface area contributed by atoms with Crippen LogP contribution in [0.25, 0.3) is 0 Å². The first-order valence-corrected chi connectivity index (χ1v) is 6.88. The lowest BCUT2D eigenvalue weighted by Crippen LogP contribution is -2.23. The lowest BCUT2D eigenvalue weighted by atomic mass is 10.1. The van der Waals surface area contributed by atoms with Crippen molar-refractivity contribution in [3.05, 3.63) is 71.0 Å². The molecule has 0 heterocycles. The van der Waals surface area contributed by atoms with Crippen LogP contribution < -0.4 is 5.32 Å². The molecule has 2 N–H and O–H groups in total. The summed E-state index contributed by atoms with van der Waals surface area (Å²) in [5.74, 6) is -0.378. The van der Waals surface area contributed by atoms with Gasteiger partial charge in [0.25, 0.3) is 0 Å². The van der Waals surface area contributed by atoms with Crippen molar-refractivity contribution in [2.24, 2.45) is 0 Å². The maximum Gasteiger partial charge on any atom is 0.220 e. The highest BCUT2D eigenvalue weighted by molar-refractivity contribution is 5.76. The zero-order chi connectivity index (χ0) is 15.1. The number of hydrogen-bond acceptors (Lipinski definition) is 2. The van der Waals surface area contributed by atoms with Crippen LogP contribution in [0.15, 0.2) is 48.5 Å². The highest BCUT2D eigenvalue weighted by atomic mass is 19.1. The van der Waals surface area contributed by atoms with E-state index in [0.717, 1.165) is 16.7 Å². The molecule has 0 bridgehead atoms. The fraction of sp³-hybridized carbons (Fsp3) is 0.235. The van der Waals surface area contributed by atoms with E-state index in [-0.39, 0.29) is 18.3 Å². The molecule has 0 radical (unpaired) electrons. The Balaban J connectivity index is 1.82. The van der Waals surface area contributed by atoms with Gasteiger partial charge in [-0.15, -0.1) is 0 Å². The highest BCUT2D eigenvalue weighted by Crippen LogP contribution is 2.09. The van der Waals surface area contributed by atoms with Crippen molar-refractivity contribution in [1.29, 1.82) is 0 Å². The van der Waals surface area contributed by atoms with Gasteiger partial charge in [-0.05, 0) is 35.2 Å². The molecule has 0 atom stereocenters. The van der Waals surface area contributed by atoms with Crippen molar-refractivity contribution >= 4 is 5.91 Å². The van der Waals surface area contributed by atoms with E-state index in [2.05, 4.69) is 5.32 Å². The number of amides is 1. The molecule has 0 aromatic heterocycles. The Morgan fingerprint density at radius 1 is 1.10 bits per heavy atom. The van der Waals surface area contributed by atoms with Crippen molar-refractivity contribution in [1.82, 2.24) is 5.32 Å². The van der Waals surface area contributed by atoms with Crippen LogP contribution in [0, 0.1) is 5.82 Å². The number of hydrogen-bond donors (Lipinski definition) is 2. The van der Waals surface area contributed by atoms with E-state index in [1.54, 1.807) is 12.1 Å². The summed E-state index contributed by atoms with van der Waals surface area (Å²) in [5.41, 5.74) is 2.52. The second kappa shape index (κ2) is 7.55. The second-order valence-electron chi connectivity index (χ2n) is 4.83. The van der Waals surface area contributed by atoms with Crippen LogP contribution in [0.4, 0.5) is 4.39 Å². The van der Waals surface area contributed by atoms with Crippen LogP contribution in [0.3, 0.4) is 0 Å². The van der Waals surface area contributed by atoms with Gasteiger partial charge in [0.05, 0.1) is 6.61 Å². The van der Waals surface area contributed by atoms with Gasteiger partial charge in [0, 0.05) is 13.0 Å². The lowest BCUT2D eigenvalue weighted by molar-refractivity contribution is -0.121. The minimum atomic E-state index is -0.287. The SMILES string of the molecule is O=C(CCc1cccc(F)c1)NCc1ccccc1CO. The van der Waals surface area contributed by atoms with E-state index in [9.17, 15) is 14.3 Å². The molecule has 110 valence electrons. The molecule has 3 nitrogen and oxygen atoms in total. The van der Waals surface area contributed by atoms with E-state index in [0.29, 0.717) is 19.4 Å². The van der Waals surface area contributed by atoms with Crippen molar-refractivity contribution in [2.45, 2.75) is 26.0 Å². The normalized spacial score (nSPS) is 10.4. The van der Waals surface area contributed by atoms with Gasteiger partial charge >= 0.3 is 0 Å². The predicted molar refractivity (Wildman–Crippen MR) is 78.9 cm³/mol. The maximum absolute atomic E-state index is 13.0. The van der Waals surface area contributed by atoms with Gasteiger partial charge < -0.3 is 10.4 Å². The summed E-state index contributed by atoms with van der Waals surface area (Å²) in [5, 5.41) is 12.0. The molecular weight excluding hydrogens is 269 g/mol. The topological polar surface area (TPSA) is 49.3 Å². The summed E-state index contributed by atoms with van der Waals surface area (Å²) in [6.07, 6.45) is 0.815. The number of benzene rings is 2. The quantitative estimate of drug-likeness (QED) is 0.858. The van der Waals surface area contributed by atoms with E-state index in [4.69, 9.17) is 0 Å². The Morgan fingerprint density at radius 3 is 2.57 bits per heavy atom. The highest BCUT2D eigenvalue weighted by Gasteiger charge is 2.05. The minimum Gasteiger partial charge on any atom is -0.392 e. The summed E-state index contributed by atoms with van der Waals surface area (Å²) in [7, 11) is 0. The van der Waals surface area contributed by atoms with Crippen LogP contribution in [0.5, 0.6) is 0 Å². The molecular formula is C17H18FNO2. The smallest absolute Gasteiger partial charge is 0.220 e. The largest absolute Gasteiger partial charge is 0.392 e. The summed E-state index contributed by atoms with van der Waals surface area (Å²) in [6.45, 7) is 0.341. The number of aliphatic hydroxyl groups is 1. The molecule has 4 heteroatoms. The first-order chi connectivity index (χ1) is 10.2. The minimum absolute atomic E-state index is 0.0463. The first kappa shape index (κ1) is 15.2. The molecule has 0 fully saturated rings. The maximum atomic E-state index is 13.0. The predicted octanol–water partition coefficient (Wildman–Crippen LogP) is 2.57. The van der Waals surface area contributed by atoms with Crippen LogP contribution >= 0.6 is 0 Å². The lowest BCUT2D eigenvalue weighted by Gasteiger charge is -2.09. The van der Waals surface area contributed by atoms with Crippen molar-refractivity contribution in [2.75, 3.05) is 0 Å². The molecule has 0 unspecified atom stereocenters. The molecule has 0 aliphatic rings. The van der Waals surface area contributed by atoms with E-state index in [1.165, 1.54) is 12.1 Å². The van der Waals surface area contributed by atoms with Crippen LogP contribution in [-0.2, 0) is 24.4 Å². The number of halogens is 1. The summed E-state index contributed by atoms with van der Waals surface area (Å²) < 4.78 is 13.0. The molecule has 2 aromatic rings. The Morgan fingerprint density at radius 2 is 1.86 bits per heavy atom. The summed E-state index contributed by atoms with van der Waals surface area (Å²) in [6, 6.07) is 13.7. The zero-order valence-electron chi connectivity index (χ0n) is 11.7. The third-order valence-corrected chi connectivity index (χ3v) is 3.29. The van der Waals surface area contributed by atoms with Crippen LogP contribution in [0.1, 0.15) is 23.1 Å². The average Bonchev–Trinajstić information content (AvgIpc) is 2.51. The van der Waals surface area contributed by atoms with Crippen molar-refractivity contribution in [3.63, 3.8) is 0 Å². The van der Waals surface area contributed by atoms with Gasteiger partial charge in [-0.25, -0.2) is 4.39 Å². The average molecular weight is 287 g/mol. The Labute approximate surface area is 123 Å². The fourth-order valence-corrected chi connectivity index (χ4v) is 2.12. The van der Waals surface area contributed by atoms with Crippen molar-refractivity contribution in [3.8, 4) is 0 Å². The number of aliphatic hydroxyl groups excluding tert-OH is 1. The van der Waals surface area contributed by atoms with E-state index < -0.39 is 0 Å². The van der Waals surface area contributed by atoms with Gasteiger partial charge in [-0.1, -0.05) is 36.4 Å². The van der Waals surface area contributed by atoms with Gasteiger partial charge in [-0.2, -0.15) is 0 Å². The standard InChI is InChI=1S/C17H18FNO2/c18-16-7-3-4-13(10-16)8-9-17(21)19-11-14-5-1-2-6-15(14)12-20/h1-7,10,20H,8-9,11-12H2,(H,19,21). The Bertz CT molecular complexity index is 613. The number of carbonyl (C=O) groups excluding carboxylic acids is 1. The molecule has 0 saturated heterocycles. The fourth-order valence-electron chi connectivity index (χ4n) is 2.12. The second-order valence-corrected chi connectivity index (χ2v) is 4.83. The van der Waals surface area contributed by atoms with Crippen molar-refractivity contribution < 1.29 is 14.3 Å². The molecule has 21 heavy (non-hydrogen) atoms. The summed E-state index contributed by atoms with van der Waals surface area (Å²) >= 11 is 0. The Kier molecular flexibility index (Phi) is 5.46. The van der Waals surface area contributed by atoms with E-state index in [1.807, 2.05) is 24.3 Å². The van der Waals surface area contributed by atoms with Crippen LogP contribution in [-0.4, -0.2) is 11.0 Å². The molecule has 0 aliphatic heterocycles. The molecule has 1 amide bonds. The van der Waals surface area contributed by atoms with Gasteiger partial charge in [0.15, 0.2) is 0 Å². The monoisotopic (exact) mass is 287 g/mol. The molecule has 2 aromatic carbocycles. The molecule has 2 rings (SSSR count). The number of aryl methyl sites for hydroxylation is 1. The number of nitrogens with one attached hydrogen (secondary N) is 1. The number of rotatable bonds is 6. The van der Waals surface area contributed by atoms with Crippen LogP contribution in [0.2, 0.25) is 0 Å². The van der Waals surface area contributed by atoms with Gasteiger partial charge in [0.1, 0.15) is 5.82 Å². The van der Waals surface area contributed by atoms with E-state index >= 15 is 0 Å². The molecule has 0 aliphatic carbocycles. The number of carbonyl (C=O) groups is 1. The third kappa shape index (κ3) is 4.68. The van der Waals surface area contributed by atoms with Gasteiger partial charge in [0.2, 0.25) is 5.91 Å². The Hall–Kier alpha value is -2.20. The molecule has 0 spiro atoms. The summed E-state index contributed by atoms with van der Waals surface area (Å²) in [4.78, 5) is 11.8. The zero-order valence-corrected chi connectivity index (χ0v) is 11.7. The third-order valence-electron chi connectivity index (χ3n) is 3.29. The molecule has 0 saturated carbocycles. The first-order valence-electron chi connectivity index (χ1n) is 6.88.